The van der Waals surface area contributed by atoms with Crippen molar-refractivity contribution >= 4 is 29.4 Å². The highest BCUT2D eigenvalue weighted by Crippen LogP contribution is 2.22. The first-order valence-corrected chi connectivity index (χ1v) is 10.9. The van der Waals surface area contributed by atoms with Crippen molar-refractivity contribution in [1.82, 2.24) is 9.80 Å². The van der Waals surface area contributed by atoms with Gasteiger partial charge in [0.25, 0.3) is 0 Å². The molecule has 0 bridgehead atoms. The summed E-state index contributed by atoms with van der Waals surface area (Å²) < 4.78 is 26.6. The van der Waals surface area contributed by atoms with Crippen LogP contribution in [0.4, 0.5) is 19.3 Å². The van der Waals surface area contributed by atoms with Crippen LogP contribution in [0.15, 0.2) is 42.5 Å². The molecule has 30 heavy (non-hydrogen) atoms. The molecule has 1 N–H and O–H groups in total. The summed E-state index contributed by atoms with van der Waals surface area (Å²) >= 11 is 1.86. The standard InChI is InChI=1S/C22H25F2N3O2S/c1-15(17-5-8-19(23)20(24)14-17)26(2)22(29)25-18-6-3-16(4-7-18)13-21(28)27-9-11-30-12-10-27/h3-8,14-15H,9-13H2,1-2H3,(H,25,29). The van der Waals surface area contributed by atoms with Crippen LogP contribution in [0.25, 0.3) is 0 Å². The molecule has 1 heterocycles. The van der Waals surface area contributed by atoms with Crippen LogP contribution < -0.4 is 5.32 Å². The second kappa shape index (κ2) is 9.93. The van der Waals surface area contributed by atoms with Gasteiger partial charge in [0, 0.05) is 37.3 Å². The fourth-order valence-electron chi connectivity index (χ4n) is 3.19. The van der Waals surface area contributed by atoms with Crippen LogP contribution in [-0.4, -0.2) is 53.4 Å². The predicted octanol–water partition coefficient (Wildman–Crippen LogP) is 4.31. The molecule has 5 nitrogen and oxygen atoms in total. The fourth-order valence-corrected chi connectivity index (χ4v) is 4.09. The molecule has 3 rings (SSSR count). The van der Waals surface area contributed by atoms with Crippen LogP contribution in [0.1, 0.15) is 24.1 Å². The Balaban J connectivity index is 1.56. The number of anilines is 1. The molecule has 2 aromatic rings. The average Bonchev–Trinajstić information content (AvgIpc) is 2.76. The Kier molecular flexibility index (Phi) is 7.31. The van der Waals surface area contributed by atoms with Gasteiger partial charge in [0.15, 0.2) is 11.6 Å². The minimum Gasteiger partial charge on any atom is -0.341 e. The number of thioether (sulfide) groups is 1. The van der Waals surface area contributed by atoms with Gasteiger partial charge in [-0.3, -0.25) is 4.79 Å². The average molecular weight is 434 g/mol. The number of hydrogen-bond acceptors (Lipinski definition) is 3. The maximum atomic E-state index is 13.5. The van der Waals surface area contributed by atoms with Gasteiger partial charge in [0.05, 0.1) is 12.5 Å². The molecule has 0 spiro atoms. The van der Waals surface area contributed by atoms with Crippen molar-refractivity contribution in [2.24, 2.45) is 0 Å². The first-order valence-electron chi connectivity index (χ1n) is 9.78. The second-order valence-corrected chi connectivity index (χ2v) is 8.48. The lowest BCUT2D eigenvalue weighted by molar-refractivity contribution is -0.130. The summed E-state index contributed by atoms with van der Waals surface area (Å²) in [5.74, 6) is 0.213. The van der Waals surface area contributed by atoms with Crippen LogP contribution >= 0.6 is 11.8 Å². The summed E-state index contributed by atoms with van der Waals surface area (Å²) in [6, 6.07) is 9.94. The molecule has 1 aliphatic heterocycles. The van der Waals surface area contributed by atoms with Crippen LogP contribution in [0.2, 0.25) is 0 Å². The molecule has 3 amide bonds. The second-order valence-electron chi connectivity index (χ2n) is 7.26. The van der Waals surface area contributed by atoms with E-state index in [0.29, 0.717) is 17.7 Å². The Morgan fingerprint density at radius 3 is 2.40 bits per heavy atom. The summed E-state index contributed by atoms with van der Waals surface area (Å²) in [6.07, 6.45) is 0.339. The van der Waals surface area contributed by atoms with Gasteiger partial charge in [-0.2, -0.15) is 11.8 Å². The molecule has 1 unspecified atom stereocenters. The van der Waals surface area contributed by atoms with Gasteiger partial charge < -0.3 is 15.1 Å². The number of halogens is 2. The SMILES string of the molecule is CC(c1ccc(F)c(F)c1)N(C)C(=O)Nc1ccc(CC(=O)N2CCSCC2)cc1. The number of nitrogens with zero attached hydrogens (tertiary/aromatic N) is 2. The van der Waals surface area contributed by atoms with E-state index in [1.165, 1.54) is 11.0 Å². The first kappa shape index (κ1) is 22.1. The zero-order chi connectivity index (χ0) is 21.7. The molecule has 0 radical (unpaired) electrons. The van der Waals surface area contributed by atoms with E-state index < -0.39 is 17.7 Å². The maximum absolute atomic E-state index is 13.5. The molecule has 1 fully saturated rings. The third kappa shape index (κ3) is 5.50. The lowest BCUT2D eigenvalue weighted by atomic mass is 10.1. The van der Waals surface area contributed by atoms with E-state index in [1.54, 1.807) is 26.1 Å². The summed E-state index contributed by atoms with van der Waals surface area (Å²) in [5, 5.41) is 2.78. The van der Waals surface area contributed by atoms with Crippen molar-refractivity contribution in [3.8, 4) is 0 Å². The number of nitrogens with one attached hydrogen (secondary N) is 1. The lowest BCUT2D eigenvalue weighted by Crippen LogP contribution is -2.38. The molecule has 8 heteroatoms. The quantitative estimate of drug-likeness (QED) is 0.765. The number of carbonyl (C=O) groups excluding carboxylic acids is 2. The van der Waals surface area contributed by atoms with E-state index in [9.17, 15) is 18.4 Å². The first-order chi connectivity index (χ1) is 14.3. The predicted molar refractivity (Wildman–Crippen MR) is 116 cm³/mol. The van der Waals surface area contributed by atoms with E-state index in [4.69, 9.17) is 0 Å². The largest absolute Gasteiger partial charge is 0.341 e. The molecule has 1 atom stereocenters. The molecule has 0 aliphatic carbocycles. The Morgan fingerprint density at radius 1 is 1.10 bits per heavy atom. The van der Waals surface area contributed by atoms with Gasteiger partial charge in [0.1, 0.15) is 0 Å². The molecule has 0 saturated carbocycles. The van der Waals surface area contributed by atoms with Gasteiger partial charge in [-0.25, -0.2) is 13.6 Å². The normalized spacial score (nSPS) is 14.9. The Bertz CT molecular complexity index is 902. The van der Waals surface area contributed by atoms with E-state index in [2.05, 4.69) is 5.32 Å². The van der Waals surface area contributed by atoms with Crippen molar-refractivity contribution in [1.29, 1.82) is 0 Å². The zero-order valence-electron chi connectivity index (χ0n) is 17.0. The third-order valence-corrected chi connectivity index (χ3v) is 6.19. The van der Waals surface area contributed by atoms with E-state index in [0.717, 1.165) is 42.3 Å². The minimum atomic E-state index is -0.943. The van der Waals surface area contributed by atoms with Gasteiger partial charge in [-0.05, 0) is 42.3 Å². The topological polar surface area (TPSA) is 52.7 Å². The van der Waals surface area contributed by atoms with Gasteiger partial charge >= 0.3 is 6.03 Å². The summed E-state index contributed by atoms with van der Waals surface area (Å²) in [5.41, 5.74) is 1.98. The van der Waals surface area contributed by atoms with Crippen LogP contribution in [-0.2, 0) is 11.2 Å². The molecular formula is C22H25F2N3O2S. The maximum Gasteiger partial charge on any atom is 0.322 e. The van der Waals surface area contributed by atoms with Crippen molar-refractivity contribution in [3.63, 3.8) is 0 Å². The highest BCUT2D eigenvalue weighted by molar-refractivity contribution is 7.99. The van der Waals surface area contributed by atoms with Gasteiger partial charge in [-0.15, -0.1) is 0 Å². The van der Waals surface area contributed by atoms with Crippen LogP contribution in [0, 0.1) is 11.6 Å². The smallest absolute Gasteiger partial charge is 0.322 e. The van der Waals surface area contributed by atoms with Crippen molar-refractivity contribution in [2.75, 3.05) is 37.0 Å². The highest BCUT2D eigenvalue weighted by atomic mass is 32.2. The summed E-state index contributed by atoms with van der Waals surface area (Å²) in [7, 11) is 1.59. The molecular weight excluding hydrogens is 408 g/mol. The third-order valence-electron chi connectivity index (χ3n) is 5.25. The number of benzene rings is 2. The highest BCUT2D eigenvalue weighted by Gasteiger charge is 2.19. The number of urea groups is 1. The van der Waals surface area contributed by atoms with Crippen LogP contribution in [0.5, 0.6) is 0 Å². The summed E-state index contributed by atoms with van der Waals surface area (Å²) in [6.45, 7) is 3.32. The number of hydrogen-bond donors (Lipinski definition) is 1. The Morgan fingerprint density at radius 2 is 1.77 bits per heavy atom. The molecule has 0 aromatic heterocycles. The molecule has 160 valence electrons. The molecule has 2 aromatic carbocycles. The van der Waals surface area contributed by atoms with Gasteiger partial charge in [0.2, 0.25) is 5.91 Å². The van der Waals surface area contributed by atoms with Crippen molar-refractivity contribution < 1.29 is 18.4 Å². The van der Waals surface area contributed by atoms with Crippen LogP contribution in [0.3, 0.4) is 0 Å². The fraction of sp³-hybridized carbons (Fsp3) is 0.364. The minimum absolute atomic E-state index is 0.118. The monoisotopic (exact) mass is 433 g/mol. The number of carbonyl (C=O) groups is 2. The summed E-state index contributed by atoms with van der Waals surface area (Å²) in [4.78, 5) is 28.2. The van der Waals surface area contributed by atoms with E-state index >= 15 is 0 Å². The Hall–Kier alpha value is -2.61. The van der Waals surface area contributed by atoms with Crippen molar-refractivity contribution in [2.45, 2.75) is 19.4 Å². The van der Waals surface area contributed by atoms with Gasteiger partial charge in [-0.1, -0.05) is 18.2 Å². The molecule has 1 saturated heterocycles. The van der Waals surface area contributed by atoms with E-state index in [1.807, 2.05) is 28.8 Å². The van der Waals surface area contributed by atoms with Crippen molar-refractivity contribution in [3.05, 3.63) is 65.2 Å². The molecule has 1 aliphatic rings. The number of rotatable bonds is 5. The lowest BCUT2D eigenvalue weighted by Gasteiger charge is -2.26. The Labute approximate surface area is 179 Å². The number of amides is 3. The zero-order valence-corrected chi connectivity index (χ0v) is 17.8. The van der Waals surface area contributed by atoms with E-state index in [-0.39, 0.29) is 11.9 Å².